The van der Waals surface area contributed by atoms with Gasteiger partial charge >= 0.3 is 5.97 Å². The van der Waals surface area contributed by atoms with Gasteiger partial charge in [0.05, 0.1) is 0 Å². The van der Waals surface area contributed by atoms with E-state index in [1.165, 1.54) is 13.0 Å². The Morgan fingerprint density at radius 3 is 2.12 bits per heavy atom. The van der Waals surface area contributed by atoms with Gasteiger partial charge in [-0.1, -0.05) is 37.1 Å². The maximum absolute atomic E-state index is 12.8. The molecule has 0 saturated carbocycles. The fraction of sp³-hybridized carbons (Fsp3) is 0.421. The molecule has 0 aromatic heterocycles. The average molecular weight is 344 g/mol. The van der Waals surface area contributed by atoms with Crippen LogP contribution in [0.25, 0.3) is 0 Å². The minimum Gasteiger partial charge on any atom is -0.422 e. The molecule has 1 aliphatic rings. The summed E-state index contributed by atoms with van der Waals surface area (Å²) in [6.45, 7) is 8.17. The van der Waals surface area contributed by atoms with E-state index in [-0.39, 0.29) is 17.3 Å². The first-order chi connectivity index (χ1) is 11.2. The molecule has 1 aliphatic carbocycles. The van der Waals surface area contributed by atoms with E-state index in [2.05, 4.69) is 19.6 Å². The third kappa shape index (κ3) is 4.29. The number of hydrogen-bond acceptors (Lipinski definition) is 4. The molecule has 0 aliphatic heterocycles. The highest BCUT2D eigenvalue weighted by molar-refractivity contribution is 6.76. The van der Waals surface area contributed by atoms with Crippen molar-refractivity contribution in [2.75, 3.05) is 0 Å². The zero-order chi connectivity index (χ0) is 17.9. The van der Waals surface area contributed by atoms with E-state index in [0.717, 1.165) is 12.8 Å². The normalized spacial score (nSPS) is 14.7. The van der Waals surface area contributed by atoms with Gasteiger partial charge in [0, 0.05) is 23.6 Å². The number of carbonyl (C=O) groups excluding carboxylic acids is 3. The molecule has 129 valence electrons. The highest BCUT2D eigenvalue weighted by atomic mass is 28.3. The van der Waals surface area contributed by atoms with Crippen LogP contribution < -0.4 is 0 Å². The smallest absolute Gasteiger partial charge is 0.308 e. The maximum atomic E-state index is 12.8. The number of Topliss-reactive ketones (excluding diaryl/α,β-unsaturated/α-hetero) is 2. The second-order valence-corrected chi connectivity index (χ2v) is 13.0. The molecule has 0 heterocycles. The van der Waals surface area contributed by atoms with Gasteiger partial charge < -0.3 is 4.74 Å². The van der Waals surface area contributed by atoms with Crippen molar-refractivity contribution in [2.24, 2.45) is 0 Å². The number of rotatable bonds is 6. The SMILES string of the molecule is CC(=O)OC1=C(CCCC[Si-](C)(C)C)C(=O)c2ccccc2C1=O. The van der Waals surface area contributed by atoms with E-state index < -0.39 is 14.0 Å². The number of unbranched alkanes of at least 4 members (excludes halogenated alkanes) is 1. The third-order valence-corrected chi connectivity index (χ3v) is 5.87. The van der Waals surface area contributed by atoms with Crippen LogP contribution in [0.15, 0.2) is 35.6 Å². The van der Waals surface area contributed by atoms with E-state index in [9.17, 15) is 14.4 Å². The Balaban J connectivity index is 2.27. The first-order valence-corrected chi connectivity index (χ1v) is 12.0. The van der Waals surface area contributed by atoms with Crippen LogP contribution in [0.2, 0.25) is 25.7 Å². The second-order valence-electron chi connectivity index (χ2n) is 7.37. The van der Waals surface area contributed by atoms with Gasteiger partial charge in [0.15, 0.2) is 11.5 Å². The van der Waals surface area contributed by atoms with Crippen molar-refractivity contribution in [3.05, 3.63) is 46.7 Å². The van der Waals surface area contributed by atoms with Gasteiger partial charge in [-0.25, -0.2) is 0 Å². The molecular formula is C19H24O4Si-. The highest BCUT2D eigenvalue weighted by Gasteiger charge is 2.33. The Morgan fingerprint density at radius 2 is 1.58 bits per heavy atom. The molecule has 0 spiro atoms. The summed E-state index contributed by atoms with van der Waals surface area (Å²) in [6, 6.07) is 7.86. The molecule has 0 fully saturated rings. The molecule has 4 nitrogen and oxygen atoms in total. The third-order valence-electron chi connectivity index (χ3n) is 4.02. The first-order valence-electron chi connectivity index (χ1n) is 8.31. The van der Waals surface area contributed by atoms with E-state index >= 15 is 0 Å². The summed E-state index contributed by atoms with van der Waals surface area (Å²) in [5.74, 6) is -1.24. The molecule has 24 heavy (non-hydrogen) atoms. The minimum absolute atomic E-state index is 0.0841. The van der Waals surface area contributed by atoms with Gasteiger partial charge in [0.1, 0.15) is 0 Å². The summed E-state index contributed by atoms with van der Waals surface area (Å²) in [4.78, 5) is 36.7. The van der Waals surface area contributed by atoms with Crippen molar-refractivity contribution in [3.63, 3.8) is 0 Å². The minimum atomic E-state index is -1.13. The van der Waals surface area contributed by atoms with E-state index in [4.69, 9.17) is 4.74 Å². The van der Waals surface area contributed by atoms with Crippen LogP contribution in [0.4, 0.5) is 0 Å². The quantitative estimate of drug-likeness (QED) is 0.436. The molecular weight excluding hydrogens is 320 g/mol. The summed E-state index contributed by atoms with van der Waals surface area (Å²) < 4.78 is 5.12. The maximum Gasteiger partial charge on any atom is 0.308 e. The van der Waals surface area contributed by atoms with Crippen LogP contribution in [0.3, 0.4) is 0 Å². The van der Waals surface area contributed by atoms with E-state index in [1.807, 2.05) is 0 Å². The standard InChI is InChI=1S/C19H24O4Si/c1-13(20)23-19-16(11-7-8-12-24(2,3)4)17(21)14-9-5-6-10-15(14)18(19)22/h5-6,9-10H,7-8,11-12H2,1-4H3/q-1. The lowest BCUT2D eigenvalue weighted by atomic mass is 9.86. The molecule has 0 amide bonds. The molecule has 0 radical (unpaired) electrons. The van der Waals surface area contributed by atoms with Crippen LogP contribution in [-0.2, 0) is 9.53 Å². The molecule has 1 aromatic rings. The Labute approximate surface area is 143 Å². The summed E-state index contributed by atoms with van der Waals surface area (Å²) in [7, 11) is -1.13. The van der Waals surface area contributed by atoms with Gasteiger partial charge in [-0.05, 0) is 6.42 Å². The number of allylic oxidation sites excluding steroid dienone is 2. The Kier molecular flexibility index (Phi) is 5.54. The lowest BCUT2D eigenvalue weighted by Crippen LogP contribution is -2.25. The number of ether oxygens (including phenoxy) is 1. The number of benzene rings is 1. The molecule has 2 rings (SSSR count). The van der Waals surface area contributed by atoms with Crippen molar-refractivity contribution in [3.8, 4) is 0 Å². The molecule has 0 saturated heterocycles. The zero-order valence-electron chi connectivity index (χ0n) is 14.8. The van der Waals surface area contributed by atoms with Crippen molar-refractivity contribution in [2.45, 2.75) is 51.9 Å². The molecule has 0 atom stereocenters. The van der Waals surface area contributed by atoms with Gasteiger partial charge in [0.2, 0.25) is 5.78 Å². The lowest BCUT2D eigenvalue weighted by Gasteiger charge is -2.27. The Hall–Kier alpha value is -2.01. The number of fused-ring (bicyclic) bond motifs is 1. The fourth-order valence-electron chi connectivity index (χ4n) is 2.84. The number of ketones is 2. The van der Waals surface area contributed by atoms with Crippen LogP contribution >= 0.6 is 0 Å². The molecule has 0 unspecified atom stereocenters. The van der Waals surface area contributed by atoms with Crippen molar-refractivity contribution < 1.29 is 19.1 Å². The predicted octanol–water partition coefficient (Wildman–Crippen LogP) is 4.39. The van der Waals surface area contributed by atoms with Gasteiger partial charge in [-0.3, -0.25) is 14.4 Å². The van der Waals surface area contributed by atoms with Crippen molar-refractivity contribution in [1.82, 2.24) is 0 Å². The highest BCUT2D eigenvalue weighted by Crippen LogP contribution is 2.30. The summed E-state index contributed by atoms with van der Waals surface area (Å²) in [5.41, 5.74) is 1.05. The largest absolute Gasteiger partial charge is 0.422 e. The van der Waals surface area contributed by atoms with Gasteiger partial charge in [-0.2, -0.15) is 33.8 Å². The number of carbonyl (C=O) groups is 3. The second kappa shape index (κ2) is 7.26. The Morgan fingerprint density at radius 1 is 1.00 bits per heavy atom. The fourth-order valence-corrected chi connectivity index (χ4v) is 4.15. The van der Waals surface area contributed by atoms with Crippen LogP contribution in [0.1, 0.15) is 46.9 Å². The van der Waals surface area contributed by atoms with Gasteiger partial charge in [0.25, 0.3) is 0 Å². The van der Waals surface area contributed by atoms with Crippen LogP contribution in [0, 0.1) is 0 Å². The summed E-state index contributed by atoms with van der Waals surface area (Å²) in [5, 5.41) is 0. The van der Waals surface area contributed by atoms with Crippen molar-refractivity contribution in [1.29, 1.82) is 0 Å². The molecule has 0 bridgehead atoms. The molecule has 0 N–H and O–H groups in total. The van der Waals surface area contributed by atoms with Crippen LogP contribution in [0.5, 0.6) is 0 Å². The monoisotopic (exact) mass is 344 g/mol. The van der Waals surface area contributed by atoms with E-state index in [1.54, 1.807) is 24.3 Å². The number of hydrogen-bond donors (Lipinski definition) is 0. The summed E-state index contributed by atoms with van der Waals surface area (Å²) in [6.07, 6.45) is 2.28. The van der Waals surface area contributed by atoms with Crippen molar-refractivity contribution >= 4 is 25.6 Å². The van der Waals surface area contributed by atoms with Crippen LogP contribution in [-0.4, -0.2) is 25.6 Å². The first kappa shape index (κ1) is 18.3. The van der Waals surface area contributed by atoms with E-state index in [0.29, 0.717) is 23.1 Å². The molecule has 1 aromatic carbocycles. The predicted molar refractivity (Wildman–Crippen MR) is 95.9 cm³/mol. The zero-order valence-corrected chi connectivity index (χ0v) is 15.8. The molecule has 5 heteroatoms. The summed E-state index contributed by atoms with van der Waals surface area (Å²) >= 11 is 0. The number of esters is 1. The lowest BCUT2D eigenvalue weighted by molar-refractivity contribution is -0.136. The topological polar surface area (TPSA) is 60.4 Å². The van der Waals surface area contributed by atoms with Gasteiger partial charge in [-0.15, -0.1) is 0 Å². The average Bonchev–Trinajstić information content (AvgIpc) is 2.50. The Bertz CT molecular complexity index is 710.